The lowest BCUT2D eigenvalue weighted by atomic mass is 10.0. The molecule has 210 valence electrons. The Morgan fingerprint density at radius 2 is 1.21 bits per heavy atom. The van der Waals surface area contributed by atoms with Crippen LogP contribution >= 0.6 is 0 Å². The molecular weight excluding hydrogens is 525 g/mol. The zero-order valence-electron chi connectivity index (χ0n) is 25.4. The van der Waals surface area contributed by atoms with Crippen molar-refractivity contribution in [3.8, 4) is 23.0 Å². The molecule has 0 N–H and O–H groups in total. The van der Waals surface area contributed by atoms with Crippen molar-refractivity contribution in [2.75, 3.05) is 14.2 Å². The highest BCUT2D eigenvalue weighted by molar-refractivity contribution is 6.75. The van der Waals surface area contributed by atoms with Crippen LogP contribution in [0.4, 0.5) is 0 Å². The van der Waals surface area contributed by atoms with Crippen molar-refractivity contribution >= 4 is 49.1 Å². The van der Waals surface area contributed by atoms with E-state index in [0.717, 1.165) is 27.3 Å². The fraction of sp³-hybridized carbons (Fsp3) is 0.452. The summed E-state index contributed by atoms with van der Waals surface area (Å²) < 4.78 is 30.7. The van der Waals surface area contributed by atoms with Gasteiger partial charge in [0.2, 0.25) is 0 Å². The van der Waals surface area contributed by atoms with Gasteiger partial charge in [0.1, 0.15) is 22.5 Å². The molecule has 0 amide bonds. The first-order valence-corrected chi connectivity index (χ1v) is 19.2. The van der Waals surface area contributed by atoms with Gasteiger partial charge in [0.05, 0.1) is 14.2 Å². The van der Waals surface area contributed by atoms with Crippen LogP contribution in [-0.4, -0.2) is 30.9 Å². The van der Waals surface area contributed by atoms with Crippen LogP contribution in [0.3, 0.4) is 0 Å². The maximum Gasteiger partial charge on any atom is 0.348 e. The minimum atomic E-state index is -2.22. The van der Waals surface area contributed by atoms with Crippen molar-refractivity contribution in [2.45, 2.75) is 77.8 Å². The second-order valence-electron chi connectivity index (χ2n) is 13.3. The van der Waals surface area contributed by atoms with Gasteiger partial charge >= 0.3 is 5.63 Å². The zero-order valence-corrected chi connectivity index (χ0v) is 27.4. The molecule has 4 rings (SSSR count). The molecule has 0 aliphatic rings. The van der Waals surface area contributed by atoms with E-state index in [4.69, 9.17) is 22.7 Å². The van der Waals surface area contributed by atoms with Crippen molar-refractivity contribution in [1.82, 2.24) is 0 Å². The SMILES string of the molecule is COc1ccc2c(c1OC)c(=O)oc1c3cc(O[Si](C)(C)C(C)(C)C)c(O[Si](C)(C)C(C)(C)C)cc3ccc21. The fourth-order valence-electron chi connectivity index (χ4n) is 4.14. The molecule has 6 nitrogen and oxygen atoms in total. The highest BCUT2D eigenvalue weighted by Gasteiger charge is 2.42. The smallest absolute Gasteiger partial charge is 0.348 e. The van der Waals surface area contributed by atoms with E-state index < -0.39 is 22.3 Å². The molecule has 1 heterocycles. The van der Waals surface area contributed by atoms with Crippen LogP contribution in [0.25, 0.3) is 32.5 Å². The number of rotatable bonds is 6. The van der Waals surface area contributed by atoms with E-state index in [2.05, 4.69) is 67.7 Å². The molecule has 8 heteroatoms. The molecule has 0 bridgehead atoms. The van der Waals surface area contributed by atoms with Crippen molar-refractivity contribution in [3.05, 3.63) is 46.8 Å². The van der Waals surface area contributed by atoms with Crippen LogP contribution in [0.15, 0.2) is 45.6 Å². The zero-order chi connectivity index (χ0) is 29.1. The van der Waals surface area contributed by atoms with Crippen molar-refractivity contribution in [2.24, 2.45) is 0 Å². The first-order chi connectivity index (χ1) is 17.9. The fourth-order valence-corrected chi connectivity index (χ4v) is 6.17. The molecule has 0 aliphatic carbocycles. The minimum absolute atomic E-state index is 0.00662. The number of hydrogen-bond donors (Lipinski definition) is 0. The van der Waals surface area contributed by atoms with E-state index in [-0.39, 0.29) is 10.1 Å². The molecule has 0 saturated heterocycles. The Morgan fingerprint density at radius 1 is 0.667 bits per heavy atom. The third-order valence-electron chi connectivity index (χ3n) is 8.61. The number of hydrogen-bond acceptors (Lipinski definition) is 6. The Bertz CT molecular complexity index is 1620. The van der Waals surface area contributed by atoms with E-state index in [1.807, 2.05) is 36.4 Å². The lowest BCUT2D eigenvalue weighted by molar-refractivity contribution is 0.357. The molecule has 1 aromatic heterocycles. The molecule has 0 saturated carbocycles. The van der Waals surface area contributed by atoms with Crippen LogP contribution < -0.4 is 24.0 Å². The normalized spacial score (nSPS) is 13.2. The van der Waals surface area contributed by atoms with Gasteiger partial charge < -0.3 is 22.7 Å². The molecule has 39 heavy (non-hydrogen) atoms. The molecule has 0 radical (unpaired) electrons. The molecule has 3 aromatic carbocycles. The average Bonchev–Trinajstić information content (AvgIpc) is 2.81. The Balaban J connectivity index is 2.05. The Labute approximate surface area is 233 Å². The summed E-state index contributed by atoms with van der Waals surface area (Å²) in [6.07, 6.45) is 0. The summed E-state index contributed by atoms with van der Waals surface area (Å²) in [6.45, 7) is 22.3. The second-order valence-corrected chi connectivity index (χ2v) is 22.7. The van der Waals surface area contributed by atoms with Crippen LogP contribution in [0, 0.1) is 0 Å². The summed E-state index contributed by atoms with van der Waals surface area (Å²) in [7, 11) is -1.31. The van der Waals surface area contributed by atoms with Gasteiger partial charge in [0.15, 0.2) is 11.5 Å². The van der Waals surface area contributed by atoms with Crippen LogP contribution in [0.1, 0.15) is 41.5 Å². The van der Waals surface area contributed by atoms with Gasteiger partial charge in [-0.25, -0.2) is 4.79 Å². The predicted molar refractivity (Wildman–Crippen MR) is 166 cm³/mol. The molecule has 0 atom stereocenters. The average molecular weight is 567 g/mol. The number of methoxy groups -OCH3 is 2. The second kappa shape index (κ2) is 9.59. The lowest BCUT2D eigenvalue weighted by Crippen LogP contribution is -2.45. The lowest BCUT2D eigenvalue weighted by Gasteiger charge is -2.39. The van der Waals surface area contributed by atoms with Gasteiger partial charge in [-0.2, -0.15) is 0 Å². The predicted octanol–water partition coefficient (Wildman–Crippen LogP) is 8.88. The van der Waals surface area contributed by atoms with Crippen molar-refractivity contribution in [1.29, 1.82) is 0 Å². The summed E-state index contributed by atoms with van der Waals surface area (Å²) in [5, 5.41) is 3.65. The number of ether oxygens (including phenoxy) is 2. The maximum atomic E-state index is 13.3. The number of fused-ring (bicyclic) bond motifs is 5. The molecule has 4 aromatic rings. The largest absolute Gasteiger partial charge is 0.541 e. The van der Waals surface area contributed by atoms with Gasteiger partial charge in [-0.15, -0.1) is 0 Å². The highest BCUT2D eigenvalue weighted by atomic mass is 28.4. The standard InChI is InChI=1S/C31H42O6Si2/c1-30(2,3)38(9,10)36-24-17-19-13-14-21-20-15-16-23(33-7)28(34-8)26(20)29(32)35-27(21)22(19)18-25(24)37-39(11,12)31(4,5)6/h13-18H,1-12H3. The third kappa shape index (κ3) is 5.04. The summed E-state index contributed by atoms with van der Waals surface area (Å²) in [5.41, 5.74) is 0.0328. The van der Waals surface area contributed by atoms with Crippen LogP contribution in [0.5, 0.6) is 23.0 Å². The number of benzene rings is 3. The highest BCUT2D eigenvalue weighted by Crippen LogP contribution is 2.46. The quantitative estimate of drug-likeness (QED) is 0.132. The third-order valence-corrected chi connectivity index (χ3v) is 17.3. The van der Waals surface area contributed by atoms with Gasteiger partial charge in [0.25, 0.3) is 16.6 Å². The summed E-state index contributed by atoms with van der Waals surface area (Å²) in [6, 6.07) is 11.8. The van der Waals surface area contributed by atoms with E-state index in [1.165, 1.54) is 7.11 Å². The van der Waals surface area contributed by atoms with Gasteiger partial charge in [-0.05, 0) is 72.0 Å². The summed E-state index contributed by atoms with van der Waals surface area (Å²) in [4.78, 5) is 13.3. The first-order valence-electron chi connectivity index (χ1n) is 13.4. The Morgan fingerprint density at radius 3 is 1.72 bits per heavy atom. The molecule has 0 unspecified atom stereocenters. The van der Waals surface area contributed by atoms with Crippen LogP contribution in [0.2, 0.25) is 36.3 Å². The molecule has 0 fully saturated rings. The summed E-state index contributed by atoms with van der Waals surface area (Å²) >= 11 is 0. The first kappa shape index (κ1) is 29.0. The van der Waals surface area contributed by atoms with E-state index in [1.54, 1.807) is 7.11 Å². The van der Waals surface area contributed by atoms with E-state index >= 15 is 0 Å². The minimum Gasteiger partial charge on any atom is -0.541 e. The van der Waals surface area contributed by atoms with Gasteiger partial charge in [-0.1, -0.05) is 47.6 Å². The van der Waals surface area contributed by atoms with E-state index in [9.17, 15) is 4.79 Å². The Hall–Kier alpha value is -2.98. The topological polar surface area (TPSA) is 67.1 Å². The van der Waals surface area contributed by atoms with E-state index in [0.29, 0.717) is 28.2 Å². The molecule has 0 spiro atoms. The van der Waals surface area contributed by atoms with Gasteiger partial charge in [0, 0.05) is 16.2 Å². The monoisotopic (exact) mass is 566 g/mol. The molecular formula is C31H42O6Si2. The molecule has 0 aliphatic heterocycles. The van der Waals surface area contributed by atoms with Gasteiger partial charge in [-0.3, -0.25) is 0 Å². The Kier molecular flexibility index (Phi) is 7.13. The van der Waals surface area contributed by atoms with Crippen LogP contribution in [-0.2, 0) is 0 Å². The summed E-state index contributed by atoms with van der Waals surface area (Å²) in [5.74, 6) is 2.29. The van der Waals surface area contributed by atoms with Crippen molar-refractivity contribution < 1.29 is 22.7 Å². The maximum absolute atomic E-state index is 13.3. The van der Waals surface area contributed by atoms with Crippen molar-refractivity contribution in [3.63, 3.8) is 0 Å².